The van der Waals surface area contributed by atoms with Crippen LogP contribution >= 0.6 is 0 Å². The molecule has 2 rings (SSSR count). The minimum Gasteiger partial charge on any atom is -0.374 e. The molecule has 1 aromatic rings. The van der Waals surface area contributed by atoms with E-state index in [9.17, 15) is 9.59 Å². The van der Waals surface area contributed by atoms with E-state index in [0.717, 1.165) is 31.4 Å². The van der Waals surface area contributed by atoms with Gasteiger partial charge in [-0.05, 0) is 31.7 Å². The first-order valence-electron chi connectivity index (χ1n) is 9.72. The van der Waals surface area contributed by atoms with Crippen molar-refractivity contribution in [2.75, 3.05) is 26.2 Å². The number of piperidine rings is 1. The van der Waals surface area contributed by atoms with E-state index in [0.29, 0.717) is 19.7 Å². The molecule has 1 aliphatic heterocycles. The van der Waals surface area contributed by atoms with E-state index in [-0.39, 0.29) is 29.8 Å². The van der Waals surface area contributed by atoms with E-state index in [1.54, 1.807) is 0 Å². The summed E-state index contributed by atoms with van der Waals surface area (Å²) in [6.45, 7) is 8.38. The Labute approximate surface area is 157 Å². The van der Waals surface area contributed by atoms with Gasteiger partial charge in [0.2, 0.25) is 11.8 Å². The maximum atomic E-state index is 12.4. The van der Waals surface area contributed by atoms with Crippen molar-refractivity contribution in [1.29, 1.82) is 0 Å². The smallest absolute Gasteiger partial charge is 0.225 e. The summed E-state index contributed by atoms with van der Waals surface area (Å²) >= 11 is 0. The third-order valence-corrected chi connectivity index (χ3v) is 4.85. The summed E-state index contributed by atoms with van der Waals surface area (Å²) in [5, 5.41) is 3.00. The van der Waals surface area contributed by atoms with Crippen LogP contribution in [0.3, 0.4) is 0 Å². The lowest BCUT2D eigenvalue weighted by Gasteiger charge is -2.33. The van der Waals surface area contributed by atoms with E-state index < -0.39 is 0 Å². The predicted molar refractivity (Wildman–Crippen MR) is 103 cm³/mol. The number of carbonyl (C=O) groups excluding carboxylic acids is 2. The molecule has 1 saturated heterocycles. The lowest BCUT2D eigenvalue weighted by molar-refractivity contribution is -0.138. The van der Waals surface area contributed by atoms with Crippen LogP contribution in [0.2, 0.25) is 0 Å². The van der Waals surface area contributed by atoms with Crippen molar-refractivity contribution in [3.8, 4) is 0 Å². The molecule has 144 valence electrons. The molecule has 0 radical (unpaired) electrons. The Morgan fingerprint density at radius 2 is 1.96 bits per heavy atom. The summed E-state index contributed by atoms with van der Waals surface area (Å²) in [4.78, 5) is 26.3. The molecular weight excluding hydrogens is 328 g/mol. The second kappa shape index (κ2) is 10.3. The molecule has 0 saturated carbocycles. The van der Waals surface area contributed by atoms with Crippen molar-refractivity contribution in [2.45, 2.75) is 46.1 Å². The van der Waals surface area contributed by atoms with Crippen molar-refractivity contribution in [2.24, 2.45) is 11.8 Å². The SMILES string of the molecule is CC(C)C(=O)N1CCCC(C(=O)NCCCOC(C)c2ccccc2)C1. The number of carbonyl (C=O) groups is 2. The number of nitrogens with zero attached hydrogens (tertiary/aromatic N) is 1. The monoisotopic (exact) mass is 360 g/mol. The lowest BCUT2D eigenvalue weighted by atomic mass is 9.96. The van der Waals surface area contributed by atoms with E-state index >= 15 is 0 Å². The van der Waals surface area contributed by atoms with E-state index in [4.69, 9.17) is 4.74 Å². The van der Waals surface area contributed by atoms with Gasteiger partial charge in [-0.1, -0.05) is 44.2 Å². The summed E-state index contributed by atoms with van der Waals surface area (Å²) in [6, 6.07) is 10.1. The second-order valence-corrected chi connectivity index (χ2v) is 7.35. The van der Waals surface area contributed by atoms with Crippen LogP contribution in [0.1, 0.15) is 51.7 Å². The Balaban J connectivity index is 1.64. The Morgan fingerprint density at radius 1 is 1.23 bits per heavy atom. The summed E-state index contributed by atoms with van der Waals surface area (Å²) < 4.78 is 5.83. The molecule has 0 aliphatic carbocycles. The Hall–Kier alpha value is -1.88. The third kappa shape index (κ3) is 6.13. The minimum absolute atomic E-state index is 0.0134. The van der Waals surface area contributed by atoms with Gasteiger partial charge in [-0.25, -0.2) is 0 Å². The van der Waals surface area contributed by atoms with E-state index in [2.05, 4.69) is 17.4 Å². The first-order valence-corrected chi connectivity index (χ1v) is 9.72. The van der Waals surface area contributed by atoms with Crippen molar-refractivity contribution >= 4 is 11.8 Å². The fourth-order valence-corrected chi connectivity index (χ4v) is 3.26. The zero-order valence-electron chi connectivity index (χ0n) is 16.2. The van der Waals surface area contributed by atoms with Gasteiger partial charge in [0.05, 0.1) is 12.0 Å². The normalized spacial score (nSPS) is 18.6. The van der Waals surface area contributed by atoms with Crippen LogP contribution in [0, 0.1) is 11.8 Å². The van der Waals surface area contributed by atoms with E-state index in [1.165, 1.54) is 0 Å². The fourth-order valence-electron chi connectivity index (χ4n) is 3.26. The summed E-state index contributed by atoms with van der Waals surface area (Å²) in [7, 11) is 0. The second-order valence-electron chi connectivity index (χ2n) is 7.35. The number of amides is 2. The van der Waals surface area contributed by atoms with Crippen LogP contribution in [0.15, 0.2) is 30.3 Å². The highest BCUT2D eigenvalue weighted by Crippen LogP contribution is 2.19. The van der Waals surface area contributed by atoms with Gasteiger partial charge in [-0.2, -0.15) is 0 Å². The van der Waals surface area contributed by atoms with Gasteiger partial charge in [-0.15, -0.1) is 0 Å². The van der Waals surface area contributed by atoms with Gasteiger partial charge < -0.3 is 15.0 Å². The fraction of sp³-hybridized carbons (Fsp3) is 0.619. The molecule has 1 N–H and O–H groups in total. The maximum Gasteiger partial charge on any atom is 0.225 e. The highest BCUT2D eigenvalue weighted by molar-refractivity contribution is 5.82. The van der Waals surface area contributed by atoms with Gasteiger partial charge in [-0.3, -0.25) is 9.59 Å². The quantitative estimate of drug-likeness (QED) is 0.725. The summed E-state index contributed by atoms with van der Waals surface area (Å²) in [5.74, 6) is 0.101. The van der Waals surface area contributed by atoms with Crippen LogP contribution in [0.4, 0.5) is 0 Å². The Morgan fingerprint density at radius 3 is 2.65 bits per heavy atom. The average molecular weight is 360 g/mol. The standard InChI is InChI=1S/C21H32N2O3/c1-16(2)21(25)23-13-7-11-19(15-23)20(24)22-12-8-14-26-17(3)18-9-5-4-6-10-18/h4-6,9-10,16-17,19H,7-8,11-15H2,1-3H3,(H,22,24). The van der Waals surface area contributed by atoms with Gasteiger partial charge in [0.25, 0.3) is 0 Å². The number of hydrogen-bond acceptors (Lipinski definition) is 3. The molecule has 5 heteroatoms. The molecule has 1 aliphatic rings. The average Bonchev–Trinajstić information content (AvgIpc) is 2.67. The third-order valence-electron chi connectivity index (χ3n) is 4.85. The van der Waals surface area contributed by atoms with Crippen molar-refractivity contribution in [3.63, 3.8) is 0 Å². The number of benzene rings is 1. The Kier molecular flexibility index (Phi) is 8.10. The molecule has 0 spiro atoms. The molecule has 2 atom stereocenters. The largest absolute Gasteiger partial charge is 0.374 e. The molecular formula is C21H32N2O3. The van der Waals surface area contributed by atoms with Crippen LogP contribution in [-0.2, 0) is 14.3 Å². The number of nitrogens with one attached hydrogen (secondary N) is 1. The lowest BCUT2D eigenvalue weighted by Crippen LogP contribution is -2.46. The Bertz CT molecular complexity index is 574. The zero-order chi connectivity index (χ0) is 18.9. The van der Waals surface area contributed by atoms with Crippen molar-refractivity contribution in [1.82, 2.24) is 10.2 Å². The van der Waals surface area contributed by atoms with Gasteiger partial charge in [0, 0.05) is 32.2 Å². The number of hydrogen-bond donors (Lipinski definition) is 1. The highest BCUT2D eigenvalue weighted by Gasteiger charge is 2.29. The molecule has 2 unspecified atom stereocenters. The summed E-state index contributed by atoms with van der Waals surface area (Å²) in [5.41, 5.74) is 1.16. The van der Waals surface area contributed by atoms with Crippen LogP contribution in [0.5, 0.6) is 0 Å². The molecule has 2 amide bonds. The number of ether oxygens (including phenoxy) is 1. The topological polar surface area (TPSA) is 58.6 Å². The van der Waals surface area contributed by atoms with Crippen molar-refractivity contribution < 1.29 is 14.3 Å². The van der Waals surface area contributed by atoms with Gasteiger partial charge in [0.1, 0.15) is 0 Å². The van der Waals surface area contributed by atoms with Crippen molar-refractivity contribution in [3.05, 3.63) is 35.9 Å². The van der Waals surface area contributed by atoms with E-state index in [1.807, 2.05) is 43.9 Å². The summed E-state index contributed by atoms with van der Waals surface area (Å²) in [6.07, 6.45) is 2.59. The molecule has 1 aromatic carbocycles. The zero-order valence-corrected chi connectivity index (χ0v) is 16.2. The van der Waals surface area contributed by atoms with Gasteiger partial charge >= 0.3 is 0 Å². The number of rotatable bonds is 8. The molecule has 1 heterocycles. The van der Waals surface area contributed by atoms with Crippen LogP contribution in [-0.4, -0.2) is 43.0 Å². The minimum atomic E-state index is -0.0874. The predicted octanol–water partition coefficient (Wildman–Crippen LogP) is 3.17. The molecule has 1 fully saturated rings. The molecule has 26 heavy (non-hydrogen) atoms. The van der Waals surface area contributed by atoms with Crippen LogP contribution < -0.4 is 5.32 Å². The molecule has 0 aromatic heterocycles. The van der Waals surface area contributed by atoms with Gasteiger partial charge in [0.15, 0.2) is 0 Å². The number of likely N-dealkylation sites (tertiary alicyclic amines) is 1. The molecule has 5 nitrogen and oxygen atoms in total. The van der Waals surface area contributed by atoms with Crippen LogP contribution in [0.25, 0.3) is 0 Å². The maximum absolute atomic E-state index is 12.4. The highest BCUT2D eigenvalue weighted by atomic mass is 16.5. The first-order chi connectivity index (χ1) is 12.5. The molecule has 0 bridgehead atoms. The first kappa shape index (κ1) is 20.4.